The molecule has 0 heterocycles. The van der Waals surface area contributed by atoms with Gasteiger partial charge in [-0.05, 0) is 33.1 Å². The van der Waals surface area contributed by atoms with E-state index in [2.05, 4.69) is 13.8 Å². The summed E-state index contributed by atoms with van der Waals surface area (Å²) in [6, 6.07) is 0. The molecule has 0 spiro atoms. The summed E-state index contributed by atoms with van der Waals surface area (Å²) in [5.41, 5.74) is 0. The van der Waals surface area contributed by atoms with Crippen LogP contribution in [0.1, 0.15) is 66.7 Å². The quantitative estimate of drug-likeness (QED) is 0.489. The molecule has 0 aliphatic carbocycles. The Morgan fingerprint density at radius 2 is 1.11 bits per heavy atom. The molecular weight excluding hydrogens is 232 g/mol. The Morgan fingerprint density at radius 3 is 1.28 bits per heavy atom. The predicted octanol–water partition coefficient (Wildman–Crippen LogP) is 2.70. The molecule has 0 atom stereocenters. The minimum Gasteiger partial charge on any atom is -0.394 e. The molecule has 3 N–H and O–H groups in total. The highest BCUT2D eigenvalue weighted by atomic mass is 16.5. The average molecular weight is 266 g/mol. The molecule has 0 radical (unpaired) electrons. The highest BCUT2D eigenvalue weighted by Crippen LogP contribution is 1.91. The molecule has 0 amide bonds. The number of hydrogen-bond donors (Lipinski definition) is 3. The third kappa shape index (κ3) is 56.8. The third-order valence-corrected chi connectivity index (χ3v) is 1.65. The summed E-state index contributed by atoms with van der Waals surface area (Å²) in [7, 11) is 0. The van der Waals surface area contributed by atoms with Crippen molar-refractivity contribution in [3.63, 3.8) is 0 Å². The van der Waals surface area contributed by atoms with Crippen molar-refractivity contribution in [1.29, 1.82) is 0 Å². The first-order valence-electron chi connectivity index (χ1n) is 7.04. The molecule has 0 aromatic rings. The standard InChI is InChI=1S/C8H18O.C3H8O2.C3H8O/c1-3-5-7-9-8-6-4-2;1-2-3(4)5;1-3(2)4/h3-8H2,1-2H3;3-5H,2H2,1H3;3-4H,1-2H3. The lowest BCUT2D eigenvalue weighted by Gasteiger charge is -1.99. The first-order valence-corrected chi connectivity index (χ1v) is 7.04. The Kier molecular flexibility index (Phi) is 28.2. The van der Waals surface area contributed by atoms with Gasteiger partial charge < -0.3 is 20.1 Å². The van der Waals surface area contributed by atoms with Crippen LogP contribution in [0.4, 0.5) is 0 Å². The largest absolute Gasteiger partial charge is 0.394 e. The fourth-order valence-corrected chi connectivity index (χ4v) is 0.595. The van der Waals surface area contributed by atoms with Crippen LogP contribution in [-0.2, 0) is 4.74 Å². The van der Waals surface area contributed by atoms with Crippen molar-refractivity contribution in [2.24, 2.45) is 0 Å². The molecule has 0 saturated carbocycles. The molecule has 4 nitrogen and oxygen atoms in total. The number of rotatable bonds is 7. The minimum absolute atomic E-state index is 0.167. The van der Waals surface area contributed by atoms with Crippen molar-refractivity contribution >= 4 is 0 Å². The maximum atomic E-state index is 8.06. The van der Waals surface area contributed by atoms with Gasteiger partial charge >= 0.3 is 0 Å². The van der Waals surface area contributed by atoms with Crippen LogP contribution in [0.5, 0.6) is 0 Å². The number of ether oxygens (including phenoxy) is 1. The summed E-state index contributed by atoms with van der Waals surface area (Å²) >= 11 is 0. The zero-order valence-corrected chi connectivity index (χ0v) is 12.9. The minimum atomic E-state index is -1.12. The van der Waals surface area contributed by atoms with Gasteiger partial charge in [-0.3, -0.25) is 0 Å². The summed E-state index contributed by atoms with van der Waals surface area (Å²) in [5.74, 6) is 0. The molecule has 0 unspecified atom stereocenters. The van der Waals surface area contributed by atoms with E-state index in [1.54, 1.807) is 20.8 Å². The molecular formula is C14H34O4. The van der Waals surface area contributed by atoms with E-state index < -0.39 is 6.29 Å². The van der Waals surface area contributed by atoms with E-state index in [1.165, 1.54) is 25.7 Å². The number of aliphatic hydroxyl groups excluding tert-OH is 2. The molecule has 0 aliphatic heterocycles. The number of aliphatic hydroxyl groups is 3. The summed E-state index contributed by atoms with van der Waals surface area (Å²) < 4.78 is 5.31. The van der Waals surface area contributed by atoms with E-state index in [9.17, 15) is 0 Å². The fourth-order valence-electron chi connectivity index (χ4n) is 0.595. The highest BCUT2D eigenvalue weighted by Gasteiger charge is 1.84. The highest BCUT2D eigenvalue weighted by molar-refractivity contribution is 4.33. The monoisotopic (exact) mass is 266 g/mol. The first kappa shape index (κ1) is 23.0. The second-order valence-corrected chi connectivity index (χ2v) is 4.30. The normalized spacial score (nSPS) is 9.67. The maximum Gasteiger partial charge on any atom is 0.151 e. The molecule has 114 valence electrons. The second kappa shape index (κ2) is 22.1. The molecule has 0 aromatic heterocycles. The van der Waals surface area contributed by atoms with Crippen molar-refractivity contribution < 1.29 is 20.1 Å². The number of unbranched alkanes of at least 4 members (excludes halogenated alkanes) is 2. The van der Waals surface area contributed by atoms with Gasteiger partial charge in [0, 0.05) is 19.3 Å². The summed E-state index contributed by atoms with van der Waals surface area (Å²) in [6.07, 6.45) is 4.04. The Morgan fingerprint density at radius 1 is 0.833 bits per heavy atom. The van der Waals surface area contributed by atoms with Crippen LogP contribution in [0.25, 0.3) is 0 Å². The Labute approximate surface area is 113 Å². The predicted molar refractivity (Wildman–Crippen MR) is 76.5 cm³/mol. The zero-order valence-electron chi connectivity index (χ0n) is 12.9. The Balaban J connectivity index is -0.000000212. The molecule has 0 fully saturated rings. The van der Waals surface area contributed by atoms with E-state index in [-0.39, 0.29) is 6.10 Å². The zero-order chi connectivity index (χ0) is 14.8. The van der Waals surface area contributed by atoms with E-state index in [1.807, 2.05) is 0 Å². The summed E-state index contributed by atoms with van der Waals surface area (Å²) in [5, 5.41) is 23.9. The lowest BCUT2D eigenvalue weighted by atomic mass is 10.3. The van der Waals surface area contributed by atoms with Crippen molar-refractivity contribution in [2.45, 2.75) is 79.1 Å². The van der Waals surface area contributed by atoms with Crippen LogP contribution in [0.2, 0.25) is 0 Å². The summed E-state index contributed by atoms with van der Waals surface area (Å²) in [6.45, 7) is 11.4. The van der Waals surface area contributed by atoms with Crippen molar-refractivity contribution in [3.8, 4) is 0 Å². The molecule has 0 rings (SSSR count). The van der Waals surface area contributed by atoms with E-state index in [0.29, 0.717) is 6.42 Å². The molecule has 0 saturated heterocycles. The van der Waals surface area contributed by atoms with Gasteiger partial charge in [-0.15, -0.1) is 0 Å². The average Bonchev–Trinajstić information content (AvgIpc) is 2.29. The van der Waals surface area contributed by atoms with Gasteiger partial charge in [0.25, 0.3) is 0 Å². The molecule has 0 bridgehead atoms. The van der Waals surface area contributed by atoms with Gasteiger partial charge in [0.1, 0.15) is 0 Å². The van der Waals surface area contributed by atoms with Crippen LogP contribution in [0.3, 0.4) is 0 Å². The number of hydrogen-bond acceptors (Lipinski definition) is 4. The Hall–Kier alpha value is -0.160. The lowest BCUT2D eigenvalue weighted by Crippen LogP contribution is -1.99. The van der Waals surface area contributed by atoms with Gasteiger partial charge in [0.15, 0.2) is 6.29 Å². The van der Waals surface area contributed by atoms with Gasteiger partial charge in [0.05, 0.1) is 0 Å². The topological polar surface area (TPSA) is 69.9 Å². The molecule has 18 heavy (non-hydrogen) atoms. The van der Waals surface area contributed by atoms with E-state index >= 15 is 0 Å². The third-order valence-electron chi connectivity index (χ3n) is 1.65. The summed E-state index contributed by atoms with van der Waals surface area (Å²) in [4.78, 5) is 0. The SMILES string of the molecule is CC(C)O.CCC(O)O.CCCCOCCCC. The smallest absolute Gasteiger partial charge is 0.151 e. The Bertz CT molecular complexity index is 108. The first-order chi connectivity index (χ1) is 8.42. The van der Waals surface area contributed by atoms with E-state index in [4.69, 9.17) is 20.1 Å². The maximum absolute atomic E-state index is 8.06. The van der Waals surface area contributed by atoms with Crippen LogP contribution < -0.4 is 0 Å². The molecule has 0 aliphatic rings. The van der Waals surface area contributed by atoms with Crippen molar-refractivity contribution in [1.82, 2.24) is 0 Å². The molecule has 4 heteroatoms. The fraction of sp³-hybridized carbons (Fsp3) is 1.00. The van der Waals surface area contributed by atoms with Crippen LogP contribution in [-0.4, -0.2) is 40.9 Å². The van der Waals surface area contributed by atoms with Gasteiger partial charge in [0.2, 0.25) is 0 Å². The van der Waals surface area contributed by atoms with Crippen molar-refractivity contribution in [3.05, 3.63) is 0 Å². The van der Waals surface area contributed by atoms with Gasteiger partial charge in [-0.2, -0.15) is 0 Å². The lowest BCUT2D eigenvalue weighted by molar-refractivity contribution is -0.0413. The van der Waals surface area contributed by atoms with Crippen LogP contribution in [0.15, 0.2) is 0 Å². The van der Waals surface area contributed by atoms with Gasteiger partial charge in [-0.1, -0.05) is 33.6 Å². The van der Waals surface area contributed by atoms with Crippen LogP contribution in [0, 0.1) is 0 Å². The second-order valence-electron chi connectivity index (χ2n) is 4.30. The van der Waals surface area contributed by atoms with Crippen molar-refractivity contribution in [2.75, 3.05) is 13.2 Å². The van der Waals surface area contributed by atoms with Gasteiger partial charge in [-0.25, -0.2) is 0 Å². The van der Waals surface area contributed by atoms with E-state index in [0.717, 1.165) is 13.2 Å². The van der Waals surface area contributed by atoms with Crippen LogP contribution >= 0.6 is 0 Å². The molecule has 0 aromatic carbocycles.